The predicted molar refractivity (Wildman–Crippen MR) is 140 cm³/mol. The Morgan fingerprint density at radius 2 is 1.90 bits per heavy atom. The third-order valence-corrected chi connectivity index (χ3v) is 6.89. The molecule has 2 atom stereocenters. The molecule has 0 saturated carbocycles. The van der Waals surface area contributed by atoms with Crippen LogP contribution in [0.4, 0.5) is 5.82 Å². The number of nitrogens with zero attached hydrogens (tertiary/aromatic N) is 5. The molecule has 2 N–H and O–H groups in total. The summed E-state index contributed by atoms with van der Waals surface area (Å²) in [5.41, 5.74) is 0.408. The molecule has 1 fully saturated rings. The van der Waals surface area contributed by atoms with Crippen molar-refractivity contribution >= 4 is 60.1 Å². The van der Waals surface area contributed by atoms with Crippen LogP contribution in [0, 0.1) is 12.3 Å². The van der Waals surface area contributed by atoms with Crippen LogP contribution in [0.25, 0.3) is 11.0 Å². The zero-order chi connectivity index (χ0) is 27.9. The van der Waals surface area contributed by atoms with Crippen LogP contribution < -0.4 is 10.2 Å². The van der Waals surface area contributed by atoms with Gasteiger partial charge in [0, 0.05) is 0 Å². The SMILES string of the molecule is C#CCOCCOCCOCCOCCNC(=O)CN([CH2][Pb])c1nc(Cl)nc2c1cnn2C1OCC(CO)O1. The van der Waals surface area contributed by atoms with Crippen LogP contribution in [0.1, 0.15) is 6.41 Å². The number of ether oxygens (including phenoxy) is 6. The number of aliphatic hydroxyl groups is 1. The topological polar surface area (TPSA) is 152 Å². The molecule has 1 aliphatic rings. The van der Waals surface area contributed by atoms with Gasteiger partial charge in [0.25, 0.3) is 0 Å². The number of carbonyl (C=O) groups is 1. The number of hydrogen-bond acceptors (Lipinski definition) is 12. The number of aliphatic hydroxyl groups excluding tert-OH is 1. The Balaban J connectivity index is 1.37. The van der Waals surface area contributed by atoms with Crippen molar-refractivity contribution in [3.8, 4) is 12.3 Å². The zero-order valence-corrected chi connectivity index (χ0v) is 26.1. The van der Waals surface area contributed by atoms with E-state index in [-0.39, 0.29) is 37.6 Å². The molecule has 2 aromatic rings. The number of hydrogen-bond donors (Lipinski definition) is 2. The molecule has 2 unspecified atom stereocenters. The van der Waals surface area contributed by atoms with Gasteiger partial charge in [-0.3, -0.25) is 0 Å². The van der Waals surface area contributed by atoms with Gasteiger partial charge in [0.05, 0.1) is 19.8 Å². The normalized spacial score (nSPS) is 17.0. The van der Waals surface area contributed by atoms with Crippen LogP contribution in [0.15, 0.2) is 6.20 Å². The first-order valence-corrected chi connectivity index (χ1v) is 15.4. The van der Waals surface area contributed by atoms with Crippen LogP contribution in [0.2, 0.25) is 5.28 Å². The van der Waals surface area contributed by atoms with Crippen molar-refractivity contribution in [2.24, 2.45) is 0 Å². The Morgan fingerprint density at radius 1 is 1.21 bits per heavy atom. The number of fused-ring (bicyclic) bond motifs is 1. The van der Waals surface area contributed by atoms with Gasteiger partial charge in [-0.2, -0.15) is 0 Å². The second kappa shape index (κ2) is 17.9. The summed E-state index contributed by atoms with van der Waals surface area (Å²) < 4.78 is 34.6. The van der Waals surface area contributed by atoms with Crippen LogP contribution in [-0.2, 0) is 33.2 Å². The fourth-order valence-electron chi connectivity index (χ4n) is 3.43. The van der Waals surface area contributed by atoms with Crippen molar-refractivity contribution in [2.45, 2.75) is 12.5 Å². The number of terminal acetylenes is 1. The zero-order valence-electron chi connectivity index (χ0n) is 21.4. The Kier molecular flexibility index (Phi) is 14.6. The maximum atomic E-state index is 12.6. The Bertz CT molecular complexity index is 1070. The average Bonchev–Trinajstić information content (AvgIpc) is 3.58. The number of rotatable bonds is 19. The first-order valence-electron chi connectivity index (χ1n) is 12.3. The minimum absolute atomic E-state index is 0.00717. The predicted octanol–water partition coefficient (Wildman–Crippen LogP) is -0.908. The minimum atomic E-state index is -0.838. The van der Waals surface area contributed by atoms with Gasteiger partial charge in [0.15, 0.2) is 0 Å². The van der Waals surface area contributed by atoms with Gasteiger partial charge < -0.3 is 9.47 Å². The molecule has 2 aromatic heterocycles. The molecule has 16 heteroatoms. The van der Waals surface area contributed by atoms with Crippen molar-refractivity contribution in [3.63, 3.8) is 0 Å². The van der Waals surface area contributed by atoms with Crippen molar-refractivity contribution in [1.82, 2.24) is 25.1 Å². The number of aromatic nitrogens is 4. The summed E-state index contributed by atoms with van der Waals surface area (Å²) >= 11 is 6.99. The molecular weight excluding hydrogens is 731 g/mol. The molecule has 213 valence electrons. The molecular formula is C23H32ClN6O8Pb. The van der Waals surface area contributed by atoms with Crippen molar-refractivity contribution in [2.75, 3.05) is 88.2 Å². The molecule has 3 heterocycles. The van der Waals surface area contributed by atoms with E-state index in [2.05, 4.69) is 26.3 Å². The number of anilines is 1. The monoisotopic (exact) mass is 763 g/mol. The molecule has 0 aromatic carbocycles. The van der Waals surface area contributed by atoms with Crippen LogP contribution in [0.3, 0.4) is 0 Å². The summed E-state index contributed by atoms with van der Waals surface area (Å²) in [6.45, 7) is 3.80. The second-order valence-electron chi connectivity index (χ2n) is 8.02. The first-order chi connectivity index (χ1) is 19.1. The van der Waals surface area contributed by atoms with Gasteiger partial charge in [-0.15, -0.1) is 6.42 Å². The van der Waals surface area contributed by atoms with E-state index >= 15 is 0 Å². The third kappa shape index (κ3) is 10.3. The number of carbonyl (C=O) groups excluding carboxylic acids is 1. The summed E-state index contributed by atoms with van der Waals surface area (Å²) in [6.07, 6.45) is 5.38. The Morgan fingerprint density at radius 3 is 2.54 bits per heavy atom. The molecule has 3 radical (unpaired) electrons. The summed E-state index contributed by atoms with van der Waals surface area (Å²) in [7, 11) is 0. The van der Waals surface area contributed by atoms with E-state index < -0.39 is 12.5 Å². The summed E-state index contributed by atoms with van der Waals surface area (Å²) in [5, 5.41) is 17.1. The average molecular weight is 763 g/mol. The van der Waals surface area contributed by atoms with Gasteiger partial charge in [0.2, 0.25) is 0 Å². The van der Waals surface area contributed by atoms with Crippen molar-refractivity contribution in [3.05, 3.63) is 11.5 Å². The van der Waals surface area contributed by atoms with E-state index in [0.29, 0.717) is 73.7 Å². The van der Waals surface area contributed by atoms with E-state index in [0.717, 1.165) is 25.8 Å². The molecule has 1 aliphatic heterocycles. The molecule has 39 heavy (non-hydrogen) atoms. The van der Waals surface area contributed by atoms with Gasteiger partial charge in [0.1, 0.15) is 6.61 Å². The van der Waals surface area contributed by atoms with E-state index in [1.54, 1.807) is 6.20 Å². The van der Waals surface area contributed by atoms with Crippen molar-refractivity contribution < 1.29 is 38.3 Å². The van der Waals surface area contributed by atoms with Crippen LogP contribution in [0.5, 0.6) is 0 Å². The van der Waals surface area contributed by atoms with Gasteiger partial charge >= 0.3 is 200 Å². The van der Waals surface area contributed by atoms with Gasteiger partial charge in [-0.25, -0.2) is 0 Å². The van der Waals surface area contributed by atoms with Gasteiger partial charge in [-0.05, 0) is 0 Å². The van der Waals surface area contributed by atoms with Gasteiger partial charge in [-0.1, -0.05) is 5.92 Å². The molecule has 0 aliphatic carbocycles. The van der Waals surface area contributed by atoms with Crippen LogP contribution in [-0.4, -0.2) is 146 Å². The summed E-state index contributed by atoms with van der Waals surface area (Å²) in [4.78, 5) is 23.1. The standard InChI is InChI=1S/C23H32ClN6O8.Pb/c1-3-5-33-7-9-35-11-12-36-10-8-34-6-4-25-19(32)14-29(2)20-18-13-26-30(21(18)28-22(24)27-20)23-37-16-17(15-31)38-23;/h1,13,17,23,31H,2,4-12,14-16H2,(H,25,32);. The quantitative estimate of drug-likeness (QED) is 0.0790. The Labute approximate surface area is 247 Å². The molecule has 1 amide bonds. The molecule has 0 bridgehead atoms. The first kappa shape index (κ1) is 31.8. The fraction of sp³-hybridized carbons (Fsp3) is 0.652. The third-order valence-electron chi connectivity index (χ3n) is 5.24. The summed E-state index contributed by atoms with van der Waals surface area (Å²) in [5.74, 6) is 2.70. The molecule has 3 rings (SSSR count). The van der Waals surface area contributed by atoms with E-state index in [4.69, 9.17) is 46.4 Å². The van der Waals surface area contributed by atoms with E-state index in [9.17, 15) is 9.90 Å². The number of halogens is 1. The maximum absolute atomic E-state index is 12.6. The van der Waals surface area contributed by atoms with Crippen molar-refractivity contribution in [1.29, 1.82) is 0 Å². The molecule has 1 saturated heterocycles. The molecule has 14 nitrogen and oxygen atoms in total. The van der Waals surface area contributed by atoms with E-state index in [1.165, 1.54) is 4.68 Å². The fourth-order valence-corrected chi connectivity index (χ4v) is 4.60. The second-order valence-corrected chi connectivity index (χ2v) is 9.59. The molecule has 0 spiro atoms. The van der Waals surface area contributed by atoms with E-state index in [1.807, 2.05) is 4.90 Å². The Hall–Kier alpha value is -1.69. The summed E-state index contributed by atoms with van der Waals surface area (Å²) in [6, 6.07) is 0. The number of amides is 1. The number of nitrogens with one attached hydrogen (secondary N) is 1. The van der Waals surface area contributed by atoms with Crippen LogP contribution >= 0.6 is 11.6 Å².